The van der Waals surface area contributed by atoms with Gasteiger partial charge in [0.1, 0.15) is 0 Å². The van der Waals surface area contributed by atoms with Crippen LogP contribution in [0, 0.1) is 13.8 Å². The minimum Gasteiger partial charge on any atom is -0.381 e. The average molecular weight is 442 g/mol. The summed E-state index contributed by atoms with van der Waals surface area (Å²) in [6.07, 6.45) is 3.19. The van der Waals surface area contributed by atoms with Gasteiger partial charge >= 0.3 is 0 Å². The highest BCUT2D eigenvalue weighted by atomic mass is 16.5. The third kappa shape index (κ3) is 7.07. The number of rotatable bonds is 9. The van der Waals surface area contributed by atoms with Gasteiger partial charge in [0.05, 0.1) is 24.9 Å². The van der Waals surface area contributed by atoms with Crippen LogP contribution in [0.3, 0.4) is 0 Å². The number of hydrogen-bond donors (Lipinski definition) is 2. The first kappa shape index (κ1) is 24.3. The van der Waals surface area contributed by atoms with Crippen LogP contribution in [-0.2, 0) is 36.1 Å². The second-order valence-corrected chi connectivity index (χ2v) is 8.66. The van der Waals surface area contributed by atoms with E-state index in [4.69, 9.17) is 14.5 Å². The van der Waals surface area contributed by atoms with Crippen molar-refractivity contribution in [3.05, 3.63) is 52.3 Å². The van der Waals surface area contributed by atoms with Gasteiger partial charge in [-0.2, -0.15) is 5.10 Å². The van der Waals surface area contributed by atoms with E-state index in [1.165, 1.54) is 22.4 Å². The summed E-state index contributed by atoms with van der Waals surface area (Å²) in [4.78, 5) is 4.82. The van der Waals surface area contributed by atoms with Crippen LogP contribution in [0.25, 0.3) is 0 Å². The van der Waals surface area contributed by atoms with Gasteiger partial charge in [0.2, 0.25) is 0 Å². The van der Waals surface area contributed by atoms with Gasteiger partial charge < -0.3 is 20.1 Å². The Hall–Kier alpha value is -2.38. The molecule has 1 atom stereocenters. The fourth-order valence-corrected chi connectivity index (χ4v) is 4.07. The van der Waals surface area contributed by atoms with Crippen molar-refractivity contribution in [1.29, 1.82) is 0 Å². The zero-order valence-electron chi connectivity index (χ0n) is 20.3. The summed E-state index contributed by atoms with van der Waals surface area (Å²) in [7, 11) is 2.00. The minimum absolute atomic E-state index is 0.244. The summed E-state index contributed by atoms with van der Waals surface area (Å²) < 4.78 is 13.4. The highest BCUT2D eigenvalue weighted by Gasteiger charge is 2.15. The van der Waals surface area contributed by atoms with Crippen LogP contribution in [0.2, 0.25) is 0 Å². The molecule has 0 spiro atoms. The van der Waals surface area contributed by atoms with Gasteiger partial charge in [-0.05, 0) is 63.6 Å². The maximum atomic E-state index is 6.07. The van der Waals surface area contributed by atoms with Crippen LogP contribution in [0.15, 0.2) is 29.3 Å². The molecule has 0 bridgehead atoms. The Morgan fingerprint density at radius 3 is 2.72 bits per heavy atom. The molecule has 1 aromatic heterocycles. The fourth-order valence-electron chi connectivity index (χ4n) is 4.07. The predicted octanol–water partition coefficient (Wildman–Crippen LogP) is 3.42. The Morgan fingerprint density at radius 2 is 2.03 bits per heavy atom. The predicted molar refractivity (Wildman–Crippen MR) is 129 cm³/mol. The molecule has 7 heteroatoms. The van der Waals surface area contributed by atoms with Crippen LogP contribution in [0.4, 0.5) is 0 Å². The highest BCUT2D eigenvalue weighted by Crippen LogP contribution is 2.16. The number of aromatic nitrogens is 2. The molecule has 0 amide bonds. The van der Waals surface area contributed by atoms with Crippen molar-refractivity contribution >= 4 is 5.96 Å². The first-order valence-corrected chi connectivity index (χ1v) is 11.8. The molecule has 0 aliphatic carbocycles. The Labute approximate surface area is 192 Å². The maximum absolute atomic E-state index is 6.07. The third-order valence-electron chi connectivity index (χ3n) is 5.96. The monoisotopic (exact) mass is 441 g/mol. The SMILES string of the molecule is CCNC(=NCc1cccc(COC2CCOCC2)c1)NC(C)Cc1c(C)nn(C)c1C. The molecule has 1 saturated heterocycles. The molecule has 7 nitrogen and oxygen atoms in total. The van der Waals surface area contributed by atoms with Gasteiger partial charge in [0.25, 0.3) is 0 Å². The van der Waals surface area contributed by atoms with Crippen LogP contribution < -0.4 is 10.6 Å². The molecule has 3 rings (SSSR count). The fraction of sp³-hybridized carbons (Fsp3) is 0.600. The minimum atomic E-state index is 0.244. The van der Waals surface area contributed by atoms with E-state index in [1.807, 2.05) is 11.7 Å². The molecule has 1 aliphatic rings. The first-order chi connectivity index (χ1) is 15.5. The zero-order valence-corrected chi connectivity index (χ0v) is 20.3. The molecule has 2 aromatic rings. The van der Waals surface area contributed by atoms with Crippen molar-refractivity contribution in [3.63, 3.8) is 0 Å². The number of aliphatic imine (C=N–C) groups is 1. The molecule has 1 unspecified atom stereocenters. The van der Waals surface area contributed by atoms with Crippen molar-refractivity contribution in [2.24, 2.45) is 12.0 Å². The van der Waals surface area contributed by atoms with Crippen molar-refractivity contribution in [2.75, 3.05) is 19.8 Å². The molecule has 2 N–H and O–H groups in total. The van der Waals surface area contributed by atoms with E-state index in [1.54, 1.807) is 0 Å². The molecular formula is C25H39N5O2. The number of hydrogen-bond acceptors (Lipinski definition) is 4. The molecule has 176 valence electrons. The summed E-state index contributed by atoms with van der Waals surface area (Å²) >= 11 is 0. The topological polar surface area (TPSA) is 72.7 Å². The Bertz CT molecular complexity index is 886. The maximum Gasteiger partial charge on any atom is 0.191 e. The second-order valence-electron chi connectivity index (χ2n) is 8.66. The molecule has 0 radical (unpaired) electrons. The summed E-state index contributed by atoms with van der Waals surface area (Å²) in [6.45, 7) is 12.2. The van der Waals surface area contributed by atoms with E-state index in [9.17, 15) is 0 Å². The Kier molecular flexibility index (Phi) is 9.11. The van der Waals surface area contributed by atoms with Gasteiger partial charge in [-0.15, -0.1) is 0 Å². The van der Waals surface area contributed by atoms with Crippen LogP contribution in [-0.4, -0.2) is 47.6 Å². The highest BCUT2D eigenvalue weighted by molar-refractivity contribution is 5.80. The van der Waals surface area contributed by atoms with E-state index >= 15 is 0 Å². The Balaban J connectivity index is 1.56. The third-order valence-corrected chi connectivity index (χ3v) is 5.96. The second kappa shape index (κ2) is 12.0. The van der Waals surface area contributed by atoms with Crippen LogP contribution >= 0.6 is 0 Å². The number of nitrogens with zero attached hydrogens (tertiary/aromatic N) is 3. The molecule has 32 heavy (non-hydrogen) atoms. The van der Waals surface area contributed by atoms with Gasteiger partial charge in [-0.3, -0.25) is 4.68 Å². The molecule has 1 fully saturated rings. The lowest BCUT2D eigenvalue weighted by molar-refractivity contribution is -0.0390. The first-order valence-electron chi connectivity index (χ1n) is 11.8. The van der Waals surface area contributed by atoms with E-state index in [0.717, 1.165) is 50.7 Å². The quantitative estimate of drug-likeness (QED) is 0.461. The van der Waals surface area contributed by atoms with Gasteiger partial charge in [-0.1, -0.05) is 24.3 Å². The lowest BCUT2D eigenvalue weighted by Crippen LogP contribution is -2.43. The number of guanidine groups is 1. The molecule has 1 aromatic carbocycles. The number of benzene rings is 1. The van der Waals surface area contributed by atoms with Crippen molar-refractivity contribution in [3.8, 4) is 0 Å². The molecule has 1 aliphatic heterocycles. The standard InChI is InChI=1S/C25H39N5O2/c1-6-26-25(28-18(2)14-24-19(3)29-30(5)20(24)4)27-16-21-8-7-9-22(15-21)17-32-23-10-12-31-13-11-23/h7-9,15,18,23H,6,10-14,16-17H2,1-5H3,(H2,26,27,28). The van der Waals surface area contributed by atoms with Gasteiger partial charge in [0, 0.05) is 38.5 Å². The van der Waals surface area contributed by atoms with Crippen LogP contribution in [0.5, 0.6) is 0 Å². The largest absolute Gasteiger partial charge is 0.381 e. The number of ether oxygens (including phenoxy) is 2. The van der Waals surface area contributed by atoms with Crippen LogP contribution in [0.1, 0.15) is 54.8 Å². The summed E-state index contributed by atoms with van der Waals surface area (Å²) in [5, 5.41) is 11.5. The normalized spacial score (nSPS) is 16.2. The summed E-state index contributed by atoms with van der Waals surface area (Å²) in [6, 6.07) is 8.77. The van der Waals surface area contributed by atoms with Crippen molar-refractivity contribution < 1.29 is 9.47 Å². The lowest BCUT2D eigenvalue weighted by atomic mass is 10.1. The van der Waals surface area contributed by atoms with Crippen molar-refractivity contribution in [1.82, 2.24) is 20.4 Å². The number of nitrogens with one attached hydrogen (secondary N) is 2. The van der Waals surface area contributed by atoms with Gasteiger partial charge in [0.15, 0.2) is 5.96 Å². The van der Waals surface area contributed by atoms with Gasteiger partial charge in [-0.25, -0.2) is 4.99 Å². The molecular weight excluding hydrogens is 402 g/mol. The smallest absolute Gasteiger partial charge is 0.191 e. The summed E-state index contributed by atoms with van der Waals surface area (Å²) in [5.41, 5.74) is 6.00. The molecule has 0 saturated carbocycles. The number of aryl methyl sites for hydroxylation is 2. The van der Waals surface area contributed by atoms with E-state index in [0.29, 0.717) is 19.3 Å². The summed E-state index contributed by atoms with van der Waals surface area (Å²) in [5.74, 6) is 0.836. The van der Waals surface area contributed by atoms with Crippen molar-refractivity contribution in [2.45, 2.75) is 72.3 Å². The van der Waals surface area contributed by atoms with E-state index in [2.05, 4.69) is 67.7 Å². The average Bonchev–Trinajstić information content (AvgIpc) is 3.03. The lowest BCUT2D eigenvalue weighted by Gasteiger charge is -2.22. The van der Waals surface area contributed by atoms with E-state index in [-0.39, 0.29) is 6.04 Å². The Morgan fingerprint density at radius 1 is 1.28 bits per heavy atom. The zero-order chi connectivity index (χ0) is 22.9. The van der Waals surface area contributed by atoms with E-state index < -0.39 is 0 Å². The molecule has 2 heterocycles.